The lowest BCUT2D eigenvalue weighted by Gasteiger charge is -2.11. The topological polar surface area (TPSA) is 101 Å². The number of aryl methyl sites for hydroxylation is 1. The van der Waals surface area contributed by atoms with Crippen LogP contribution >= 0.6 is 0 Å². The van der Waals surface area contributed by atoms with Gasteiger partial charge in [-0.1, -0.05) is 72.8 Å². The van der Waals surface area contributed by atoms with E-state index in [9.17, 15) is 9.00 Å². The van der Waals surface area contributed by atoms with E-state index in [1.807, 2.05) is 91.0 Å². The average Bonchev–Trinajstić information content (AvgIpc) is 2.89. The molecule has 0 fully saturated rings. The van der Waals surface area contributed by atoms with E-state index in [1.54, 1.807) is 12.1 Å². The molecule has 0 heterocycles. The standard InChI is InChI=1S/C29H24N2O2S.H2O/c30-21-24-12-10-22(11-13-24)16-19-27(32)20-23-14-17-26(18-15-23)31-34(33)29-9-5-4-8-28(29)25-6-2-1-3-7-25;/h1-15,17-18,31H,16,19-20H2;1H2. The van der Waals surface area contributed by atoms with Crippen molar-refractivity contribution in [2.24, 2.45) is 0 Å². The zero-order valence-corrected chi connectivity index (χ0v) is 19.9. The molecule has 35 heavy (non-hydrogen) atoms. The molecule has 6 heteroatoms. The van der Waals surface area contributed by atoms with Crippen LogP contribution in [0.15, 0.2) is 108 Å². The first-order chi connectivity index (χ1) is 16.6. The molecule has 0 aliphatic carbocycles. The molecule has 5 nitrogen and oxygen atoms in total. The number of carbonyl (C=O) groups excluding carboxylic acids is 1. The van der Waals surface area contributed by atoms with Crippen LogP contribution in [0.1, 0.15) is 23.1 Å². The highest BCUT2D eigenvalue weighted by Gasteiger charge is 2.12. The fourth-order valence-corrected chi connectivity index (χ4v) is 4.73. The van der Waals surface area contributed by atoms with E-state index in [0.29, 0.717) is 24.8 Å². The molecule has 0 aromatic heterocycles. The van der Waals surface area contributed by atoms with Gasteiger partial charge in [-0.05, 0) is 59.0 Å². The molecule has 0 saturated heterocycles. The minimum Gasteiger partial charge on any atom is -0.412 e. The fourth-order valence-electron chi connectivity index (χ4n) is 3.68. The van der Waals surface area contributed by atoms with Crippen LogP contribution in [-0.4, -0.2) is 15.5 Å². The second kappa shape index (κ2) is 12.4. The van der Waals surface area contributed by atoms with E-state index in [0.717, 1.165) is 32.8 Å². The number of nitriles is 1. The molecule has 4 rings (SSSR count). The summed E-state index contributed by atoms with van der Waals surface area (Å²) in [6.45, 7) is 0. The molecule has 0 saturated carbocycles. The van der Waals surface area contributed by atoms with E-state index in [2.05, 4.69) is 10.8 Å². The maximum atomic E-state index is 13.1. The van der Waals surface area contributed by atoms with Gasteiger partial charge in [-0.2, -0.15) is 5.26 Å². The molecule has 3 N–H and O–H groups in total. The number of nitrogens with zero attached hydrogens (tertiary/aromatic N) is 1. The summed E-state index contributed by atoms with van der Waals surface area (Å²) < 4.78 is 16.1. The molecule has 0 radical (unpaired) electrons. The minimum atomic E-state index is -1.43. The number of hydrogen-bond acceptors (Lipinski definition) is 3. The number of rotatable bonds is 9. The summed E-state index contributed by atoms with van der Waals surface area (Å²) in [4.78, 5) is 13.1. The van der Waals surface area contributed by atoms with Crippen LogP contribution in [0.25, 0.3) is 11.1 Å². The molecular formula is C29H26N2O3S. The van der Waals surface area contributed by atoms with E-state index in [-0.39, 0.29) is 11.3 Å². The number of carbonyl (C=O) groups is 1. The highest BCUT2D eigenvalue weighted by Crippen LogP contribution is 2.26. The van der Waals surface area contributed by atoms with Crippen LogP contribution < -0.4 is 4.72 Å². The van der Waals surface area contributed by atoms with Gasteiger partial charge in [0.2, 0.25) is 0 Å². The number of Topliss-reactive ketones (excluding diaryl/α,β-unsaturated/α-hetero) is 1. The zero-order chi connectivity index (χ0) is 23.8. The Morgan fingerprint density at radius 3 is 2.11 bits per heavy atom. The third-order valence-electron chi connectivity index (χ3n) is 5.51. The Balaban J connectivity index is 0.00000342. The maximum Gasteiger partial charge on any atom is 0.150 e. The quantitative estimate of drug-likeness (QED) is 0.351. The Bertz CT molecular complexity index is 1330. The highest BCUT2D eigenvalue weighted by molar-refractivity contribution is 7.86. The largest absolute Gasteiger partial charge is 0.412 e. The van der Waals surface area contributed by atoms with Gasteiger partial charge >= 0.3 is 0 Å². The van der Waals surface area contributed by atoms with Crippen molar-refractivity contribution < 1.29 is 14.5 Å². The SMILES string of the molecule is N#Cc1ccc(CCC(=O)Cc2ccc(NS(=O)c3ccccc3-c3ccccc3)cc2)cc1.O. The molecule has 4 aromatic carbocycles. The normalized spacial score (nSPS) is 11.1. The van der Waals surface area contributed by atoms with Gasteiger partial charge in [-0.3, -0.25) is 4.79 Å². The molecule has 0 spiro atoms. The first kappa shape index (κ1) is 25.6. The number of nitrogens with one attached hydrogen (secondary N) is 1. The lowest BCUT2D eigenvalue weighted by molar-refractivity contribution is -0.118. The Morgan fingerprint density at radius 1 is 0.800 bits per heavy atom. The Morgan fingerprint density at radius 2 is 1.43 bits per heavy atom. The predicted molar refractivity (Wildman–Crippen MR) is 140 cm³/mol. The molecule has 0 aliphatic rings. The van der Waals surface area contributed by atoms with Crippen LogP contribution in [0.5, 0.6) is 0 Å². The first-order valence-electron chi connectivity index (χ1n) is 11.0. The monoisotopic (exact) mass is 482 g/mol. The van der Waals surface area contributed by atoms with Crippen LogP contribution in [-0.2, 0) is 28.6 Å². The number of benzene rings is 4. The van der Waals surface area contributed by atoms with Gasteiger partial charge in [0.15, 0.2) is 11.0 Å². The highest BCUT2D eigenvalue weighted by atomic mass is 32.2. The van der Waals surface area contributed by atoms with Crippen LogP contribution in [0.3, 0.4) is 0 Å². The lowest BCUT2D eigenvalue weighted by atomic mass is 10.0. The third kappa shape index (κ3) is 6.97. The van der Waals surface area contributed by atoms with Crippen molar-refractivity contribution in [1.82, 2.24) is 0 Å². The summed E-state index contributed by atoms with van der Waals surface area (Å²) >= 11 is 0. The minimum absolute atomic E-state index is 0. The summed E-state index contributed by atoms with van der Waals surface area (Å²) in [7, 11) is -1.43. The fraction of sp³-hybridized carbons (Fsp3) is 0.103. The van der Waals surface area contributed by atoms with Gasteiger partial charge in [-0.15, -0.1) is 0 Å². The second-order valence-electron chi connectivity index (χ2n) is 7.95. The van der Waals surface area contributed by atoms with Crippen molar-refractivity contribution in [1.29, 1.82) is 5.26 Å². The maximum absolute atomic E-state index is 13.1. The van der Waals surface area contributed by atoms with Crippen LogP contribution in [0.2, 0.25) is 0 Å². The molecule has 1 unspecified atom stereocenters. The van der Waals surface area contributed by atoms with Gasteiger partial charge in [0.05, 0.1) is 16.5 Å². The Hall–Kier alpha value is -4.05. The van der Waals surface area contributed by atoms with Gasteiger partial charge in [-0.25, -0.2) is 4.21 Å². The summed E-state index contributed by atoms with van der Waals surface area (Å²) in [5.74, 6) is 0.158. The molecule has 0 amide bonds. The molecule has 176 valence electrons. The summed E-state index contributed by atoms with van der Waals surface area (Å²) in [6, 6.07) is 34.5. The van der Waals surface area contributed by atoms with E-state index < -0.39 is 11.0 Å². The van der Waals surface area contributed by atoms with Crippen molar-refractivity contribution >= 4 is 22.5 Å². The van der Waals surface area contributed by atoms with Crippen molar-refractivity contribution in [2.75, 3.05) is 4.72 Å². The second-order valence-corrected chi connectivity index (χ2v) is 9.14. The predicted octanol–water partition coefficient (Wildman–Crippen LogP) is 5.28. The van der Waals surface area contributed by atoms with E-state index >= 15 is 0 Å². The van der Waals surface area contributed by atoms with Crippen molar-refractivity contribution in [3.05, 3.63) is 120 Å². The van der Waals surface area contributed by atoms with Gasteiger partial charge < -0.3 is 10.2 Å². The van der Waals surface area contributed by atoms with Crippen molar-refractivity contribution in [2.45, 2.75) is 24.2 Å². The smallest absolute Gasteiger partial charge is 0.150 e. The van der Waals surface area contributed by atoms with Crippen LogP contribution in [0.4, 0.5) is 5.69 Å². The molecule has 1 atom stereocenters. The summed E-state index contributed by atoms with van der Waals surface area (Å²) in [5, 5.41) is 8.87. The third-order valence-corrected chi connectivity index (χ3v) is 6.69. The van der Waals surface area contributed by atoms with E-state index in [1.165, 1.54) is 0 Å². The van der Waals surface area contributed by atoms with Crippen molar-refractivity contribution in [3.8, 4) is 17.2 Å². The molecule has 4 aromatic rings. The summed E-state index contributed by atoms with van der Waals surface area (Å²) in [5.41, 5.74) is 5.26. The Labute approximate surface area is 208 Å². The van der Waals surface area contributed by atoms with E-state index in [4.69, 9.17) is 5.26 Å². The lowest BCUT2D eigenvalue weighted by Crippen LogP contribution is -2.07. The van der Waals surface area contributed by atoms with Gasteiger partial charge in [0.1, 0.15) is 5.78 Å². The molecule has 0 bridgehead atoms. The van der Waals surface area contributed by atoms with Gasteiger partial charge in [0, 0.05) is 18.5 Å². The number of ketones is 1. The first-order valence-corrected chi connectivity index (χ1v) is 12.2. The van der Waals surface area contributed by atoms with Crippen LogP contribution in [0, 0.1) is 11.3 Å². The van der Waals surface area contributed by atoms with Gasteiger partial charge in [0.25, 0.3) is 0 Å². The van der Waals surface area contributed by atoms with Crippen molar-refractivity contribution in [3.63, 3.8) is 0 Å². The molecule has 0 aliphatic heterocycles. The molecular weight excluding hydrogens is 456 g/mol. The zero-order valence-electron chi connectivity index (χ0n) is 19.1. The average molecular weight is 483 g/mol. The Kier molecular flexibility index (Phi) is 9.08. The summed E-state index contributed by atoms with van der Waals surface area (Å²) in [6.07, 6.45) is 1.46. The number of anilines is 1. The number of hydrogen-bond donors (Lipinski definition) is 1.